The van der Waals surface area contributed by atoms with Crippen molar-refractivity contribution in [3.8, 4) is 0 Å². The van der Waals surface area contributed by atoms with Crippen molar-refractivity contribution in [3.63, 3.8) is 0 Å². The average Bonchev–Trinajstić information content (AvgIpc) is 2.34. The van der Waals surface area contributed by atoms with E-state index in [-0.39, 0.29) is 24.8 Å². The number of hydroxylamine groups is 1. The molecule has 4 N–H and O–H groups in total. The molecule has 7 nitrogen and oxygen atoms in total. The summed E-state index contributed by atoms with van der Waals surface area (Å²) < 4.78 is 0. The minimum atomic E-state index is -0.612. The first kappa shape index (κ1) is 15.4. The van der Waals surface area contributed by atoms with E-state index in [4.69, 9.17) is 5.21 Å². The highest BCUT2D eigenvalue weighted by Gasteiger charge is 2.21. The summed E-state index contributed by atoms with van der Waals surface area (Å²) in [5, 5.41) is 13.2. The van der Waals surface area contributed by atoms with E-state index in [1.54, 1.807) is 0 Å². The van der Waals surface area contributed by atoms with Crippen LogP contribution in [0.25, 0.3) is 0 Å². The van der Waals surface area contributed by atoms with Crippen LogP contribution in [-0.2, 0) is 14.4 Å². The zero-order valence-corrected chi connectivity index (χ0v) is 10.1. The van der Waals surface area contributed by atoms with Gasteiger partial charge in [0.1, 0.15) is 0 Å². The summed E-state index contributed by atoms with van der Waals surface area (Å²) in [4.78, 5) is 33.6. The minimum absolute atomic E-state index is 0.0933. The van der Waals surface area contributed by atoms with E-state index >= 15 is 0 Å². The number of hydrogen-bond acceptors (Lipinski definition) is 4. The van der Waals surface area contributed by atoms with Crippen molar-refractivity contribution in [2.75, 3.05) is 13.6 Å². The summed E-state index contributed by atoms with van der Waals surface area (Å²) in [5.41, 5.74) is 1.49. The van der Waals surface area contributed by atoms with Crippen molar-refractivity contribution in [1.82, 2.24) is 16.1 Å². The second-order valence-electron chi connectivity index (χ2n) is 3.62. The summed E-state index contributed by atoms with van der Waals surface area (Å²) >= 11 is 0. The van der Waals surface area contributed by atoms with Gasteiger partial charge in [-0.05, 0) is 6.42 Å². The molecule has 0 aliphatic carbocycles. The quantitative estimate of drug-likeness (QED) is 0.346. The number of rotatable bonds is 7. The van der Waals surface area contributed by atoms with Gasteiger partial charge < -0.3 is 10.6 Å². The monoisotopic (exact) mass is 245 g/mol. The summed E-state index contributed by atoms with van der Waals surface area (Å²) in [6.07, 6.45) is 1.16. The van der Waals surface area contributed by atoms with Crippen LogP contribution in [0.5, 0.6) is 0 Å². The Morgan fingerprint density at radius 1 is 1.24 bits per heavy atom. The molecule has 17 heavy (non-hydrogen) atoms. The lowest BCUT2D eigenvalue weighted by atomic mass is 9.98. The van der Waals surface area contributed by atoms with Crippen molar-refractivity contribution in [2.45, 2.75) is 26.2 Å². The van der Waals surface area contributed by atoms with Crippen molar-refractivity contribution in [3.05, 3.63) is 0 Å². The molecule has 3 amide bonds. The van der Waals surface area contributed by atoms with Crippen molar-refractivity contribution < 1.29 is 19.6 Å². The van der Waals surface area contributed by atoms with E-state index in [2.05, 4.69) is 10.6 Å². The third-order valence-electron chi connectivity index (χ3n) is 2.27. The van der Waals surface area contributed by atoms with Crippen LogP contribution in [0.2, 0.25) is 0 Å². The van der Waals surface area contributed by atoms with Gasteiger partial charge in [0.2, 0.25) is 17.7 Å². The van der Waals surface area contributed by atoms with Gasteiger partial charge >= 0.3 is 0 Å². The van der Waals surface area contributed by atoms with E-state index < -0.39 is 11.8 Å². The average molecular weight is 245 g/mol. The fourth-order valence-corrected chi connectivity index (χ4v) is 1.34. The smallest absolute Gasteiger partial charge is 0.244 e. The Morgan fingerprint density at radius 2 is 1.88 bits per heavy atom. The molecule has 1 atom stereocenters. The molecule has 0 spiro atoms. The minimum Gasteiger partial charge on any atom is -0.358 e. The molecule has 0 fully saturated rings. The van der Waals surface area contributed by atoms with Crippen LogP contribution in [0.1, 0.15) is 26.2 Å². The van der Waals surface area contributed by atoms with Gasteiger partial charge in [0.15, 0.2) is 0 Å². The lowest BCUT2D eigenvalue weighted by molar-refractivity contribution is -0.135. The van der Waals surface area contributed by atoms with Crippen molar-refractivity contribution in [2.24, 2.45) is 5.92 Å². The topological polar surface area (TPSA) is 108 Å². The third kappa shape index (κ3) is 6.52. The molecule has 0 aromatic rings. The van der Waals surface area contributed by atoms with Gasteiger partial charge in [-0.15, -0.1) is 0 Å². The van der Waals surface area contributed by atoms with Crippen LogP contribution >= 0.6 is 0 Å². The molecule has 0 aromatic heterocycles. The van der Waals surface area contributed by atoms with E-state index in [0.717, 1.165) is 6.42 Å². The first-order valence-corrected chi connectivity index (χ1v) is 5.46. The Morgan fingerprint density at radius 3 is 2.35 bits per heavy atom. The number of nitrogens with one attached hydrogen (secondary N) is 3. The summed E-state index contributed by atoms with van der Waals surface area (Å²) in [6.45, 7) is 1.77. The highest BCUT2D eigenvalue weighted by molar-refractivity contribution is 5.88. The Labute approximate surface area is 99.9 Å². The van der Waals surface area contributed by atoms with Gasteiger partial charge in [0, 0.05) is 19.4 Å². The molecule has 0 radical (unpaired) electrons. The Bertz CT molecular complexity index is 281. The predicted octanol–water partition coefficient (Wildman–Crippen LogP) is -0.840. The molecule has 0 bridgehead atoms. The van der Waals surface area contributed by atoms with Crippen LogP contribution in [0.15, 0.2) is 0 Å². The van der Waals surface area contributed by atoms with Crippen LogP contribution in [-0.4, -0.2) is 36.5 Å². The molecule has 0 rings (SSSR count). The molecular weight excluding hydrogens is 226 g/mol. The molecular formula is C10H19N3O4. The number of carbonyl (C=O) groups excluding carboxylic acids is 3. The van der Waals surface area contributed by atoms with Gasteiger partial charge in [-0.2, -0.15) is 0 Å². The van der Waals surface area contributed by atoms with E-state index in [1.165, 1.54) is 12.5 Å². The standard InChI is InChI=1S/C10H19N3O4/c1-3-4-7(5-8(14)13-17)10(16)12-6-9(15)11-2/h7,17H,3-6H2,1-2H3,(H,11,15)(H,12,16)(H,13,14). The molecule has 0 aliphatic heterocycles. The first-order chi connectivity index (χ1) is 8.04. The maximum atomic E-state index is 11.7. The fraction of sp³-hybridized carbons (Fsp3) is 0.700. The fourth-order valence-electron chi connectivity index (χ4n) is 1.34. The number of amides is 3. The van der Waals surface area contributed by atoms with Gasteiger partial charge in [0.25, 0.3) is 0 Å². The van der Waals surface area contributed by atoms with Crippen molar-refractivity contribution in [1.29, 1.82) is 0 Å². The van der Waals surface area contributed by atoms with Gasteiger partial charge in [-0.3, -0.25) is 19.6 Å². The normalized spacial score (nSPS) is 11.5. The molecule has 0 saturated carbocycles. The third-order valence-corrected chi connectivity index (χ3v) is 2.27. The Balaban J connectivity index is 4.23. The lowest BCUT2D eigenvalue weighted by Crippen LogP contribution is -2.39. The van der Waals surface area contributed by atoms with Gasteiger partial charge in [0.05, 0.1) is 6.54 Å². The van der Waals surface area contributed by atoms with Crippen LogP contribution < -0.4 is 16.1 Å². The molecule has 0 aliphatic rings. The largest absolute Gasteiger partial charge is 0.358 e. The second-order valence-corrected chi connectivity index (χ2v) is 3.62. The van der Waals surface area contributed by atoms with E-state index in [0.29, 0.717) is 6.42 Å². The summed E-state index contributed by atoms with van der Waals surface area (Å²) in [5.74, 6) is -1.81. The zero-order valence-electron chi connectivity index (χ0n) is 10.1. The molecule has 98 valence electrons. The molecule has 0 aromatic carbocycles. The number of likely N-dealkylation sites (N-methyl/N-ethyl adjacent to an activating group) is 1. The van der Waals surface area contributed by atoms with Crippen LogP contribution in [0.4, 0.5) is 0 Å². The zero-order chi connectivity index (χ0) is 13.3. The van der Waals surface area contributed by atoms with Gasteiger partial charge in [-0.25, -0.2) is 5.48 Å². The molecule has 1 unspecified atom stereocenters. The molecule has 0 heterocycles. The molecule has 0 saturated heterocycles. The Hall–Kier alpha value is -1.63. The highest BCUT2D eigenvalue weighted by atomic mass is 16.5. The summed E-state index contributed by atoms with van der Waals surface area (Å²) in [7, 11) is 1.47. The lowest BCUT2D eigenvalue weighted by Gasteiger charge is -2.14. The predicted molar refractivity (Wildman–Crippen MR) is 60.0 cm³/mol. The maximum absolute atomic E-state index is 11.7. The SMILES string of the molecule is CCCC(CC(=O)NO)C(=O)NCC(=O)NC. The second kappa shape index (κ2) is 8.51. The van der Waals surface area contributed by atoms with E-state index in [9.17, 15) is 14.4 Å². The van der Waals surface area contributed by atoms with Crippen LogP contribution in [0, 0.1) is 5.92 Å². The number of hydrogen-bond donors (Lipinski definition) is 4. The number of carbonyl (C=O) groups is 3. The molecule has 7 heteroatoms. The van der Waals surface area contributed by atoms with Crippen molar-refractivity contribution >= 4 is 17.7 Å². The van der Waals surface area contributed by atoms with E-state index in [1.807, 2.05) is 6.92 Å². The highest BCUT2D eigenvalue weighted by Crippen LogP contribution is 2.11. The van der Waals surface area contributed by atoms with Crippen LogP contribution in [0.3, 0.4) is 0 Å². The maximum Gasteiger partial charge on any atom is 0.244 e. The summed E-state index contributed by atoms with van der Waals surface area (Å²) in [6, 6.07) is 0. The first-order valence-electron chi connectivity index (χ1n) is 5.46. The Kier molecular flexibility index (Phi) is 7.70. The van der Waals surface area contributed by atoms with Gasteiger partial charge in [-0.1, -0.05) is 13.3 Å².